The average molecular weight is 213 g/mol. The first kappa shape index (κ1) is 14.7. The maximum absolute atomic E-state index is 5.87. The molecule has 0 aromatic heterocycles. The molecule has 2 nitrogen and oxygen atoms in total. The van der Waals surface area contributed by atoms with Crippen LogP contribution in [0.5, 0.6) is 0 Å². The van der Waals surface area contributed by atoms with Gasteiger partial charge in [0, 0.05) is 12.6 Å². The van der Waals surface area contributed by atoms with E-state index in [-0.39, 0.29) is 5.60 Å². The van der Waals surface area contributed by atoms with Crippen molar-refractivity contribution in [2.24, 2.45) is 0 Å². The Kier molecular flexibility index (Phi) is 6.86. The molecule has 15 heavy (non-hydrogen) atoms. The zero-order valence-electron chi connectivity index (χ0n) is 11.0. The highest BCUT2D eigenvalue weighted by molar-refractivity contribution is 5.01. The fourth-order valence-corrected chi connectivity index (χ4v) is 1.84. The highest BCUT2D eigenvalue weighted by Gasteiger charge is 2.32. The molecule has 2 heteroatoms. The predicted octanol–water partition coefficient (Wildman–Crippen LogP) is 3.14. The van der Waals surface area contributed by atoms with Gasteiger partial charge < -0.3 is 10.1 Å². The Balaban J connectivity index is 4.52. The van der Waals surface area contributed by atoms with Gasteiger partial charge in [-0.2, -0.15) is 0 Å². The zero-order valence-corrected chi connectivity index (χ0v) is 11.0. The molecule has 2 unspecified atom stereocenters. The van der Waals surface area contributed by atoms with Crippen LogP contribution in [-0.2, 0) is 4.74 Å². The van der Waals surface area contributed by atoms with Gasteiger partial charge in [0.25, 0.3) is 0 Å². The van der Waals surface area contributed by atoms with Gasteiger partial charge in [-0.1, -0.05) is 26.0 Å². The molecule has 0 aliphatic carbocycles. The topological polar surface area (TPSA) is 21.3 Å². The van der Waals surface area contributed by atoms with Gasteiger partial charge in [-0.05, 0) is 40.2 Å². The van der Waals surface area contributed by atoms with Crippen molar-refractivity contribution >= 4 is 0 Å². The SMILES string of the molecule is C=C(CC)CC(NC)C(C)(CC)OCC. The Labute approximate surface area is 95.1 Å². The van der Waals surface area contributed by atoms with E-state index in [2.05, 4.69) is 39.6 Å². The third-order valence-corrected chi connectivity index (χ3v) is 3.25. The summed E-state index contributed by atoms with van der Waals surface area (Å²) in [5.74, 6) is 0. The number of hydrogen-bond acceptors (Lipinski definition) is 2. The molecule has 0 rings (SSSR count). The fraction of sp³-hybridized carbons (Fsp3) is 0.846. The number of rotatable bonds is 8. The molecule has 0 heterocycles. The van der Waals surface area contributed by atoms with Crippen LogP contribution in [0.15, 0.2) is 12.2 Å². The molecule has 0 aliphatic rings. The van der Waals surface area contributed by atoms with Gasteiger partial charge >= 0.3 is 0 Å². The van der Waals surface area contributed by atoms with Gasteiger partial charge in [-0.15, -0.1) is 0 Å². The molecule has 0 saturated heterocycles. The van der Waals surface area contributed by atoms with Crippen LogP contribution in [0.3, 0.4) is 0 Å². The molecular weight excluding hydrogens is 186 g/mol. The molecule has 0 aromatic rings. The summed E-state index contributed by atoms with van der Waals surface area (Å²) in [5.41, 5.74) is 1.20. The summed E-state index contributed by atoms with van der Waals surface area (Å²) in [5, 5.41) is 3.36. The van der Waals surface area contributed by atoms with E-state index in [4.69, 9.17) is 4.74 Å². The number of nitrogens with one attached hydrogen (secondary N) is 1. The smallest absolute Gasteiger partial charge is 0.0807 e. The van der Waals surface area contributed by atoms with E-state index in [0.29, 0.717) is 6.04 Å². The van der Waals surface area contributed by atoms with E-state index in [0.717, 1.165) is 25.9 Å². The first-order chi connectivity index (χ1) is 7.03. The van der Waals surface area contributed by atoms with Crippen LogP contribution in [0.25, 0.3) is 0 Å². The molecule has 0 spiro atoms. The number of likely N-dealkylation sites (N-methyl/N-ethyl adjacent to an activating group) is 1. The van der Waals surface area contributed by atoms with Crippen LogP contribution >= 0.6 is 0 Å². The third kappa shape index (κ3) is 4.35. The van der Waals surface area contributed by atoms with Gasteiger partial charge in [0.05, 0.1) is 5.60 Å². The molecule has 0 aliphatic heterocycles. The molecule has 90 valence electrons. The van der Waals surface area contributed by atoms with Crippen LogP contribution in [0.4, 0.5) is 0 Å². The number of hydrogen-bond donors (Lipinski definition) is 1. The normalized spacial score (nSPS) is 17.1. The van der Waals surface area contributed by atoms with Gasteiger partial charge in [0.1, 0.15) is 0 Å². The molecule has 0 fully saturated rings. The standard InChI is InChI=1S/C13H27NO/c1-7-11(4)10-12(14-6)13(5,8-2)15-9-3/h12,14H,4,7-10H2,1-3,5-6H3. The minimum absolute atomic E-state index is 0.0817. The monoisotopic (exact) mass is 213 g/mol. The first-order valence-corrected chi connectivity index (χ1v) is 6.01. The lowest BCUT2D eigenvalue weighted by Crippen LogP contribution is -2.49. The summed E-state index contributed by atoms with van der Waals surface area (Å²) >= 11 is 0. The lowest BCUT2D eigenvalue weighted by molar-refractivity contribution is -0.0534. The summed E-state index contributed by atoms with van der Waals surface area (Å²) in [6.45, 7) is 13.4. The summed E-state index contributed by atoms with van der Waals surface area (Å²) in [4.78, 5) is 0. The van der Waals surface area contributed by atoms with Crippen molar-refractivity contribution in [1.82, 2.24) is 5.32 Å². The molecule has 1 N–H and O–H groups in total. The fourth-order valence-electron chi connectivity index (χ4n) is 1.84. The van der Waals surface area contributed by atoms with Crippen molar-refractivity contribution in [3.63, 3.8) is 0 Å². The Hall–Kier alpha value is -0.340. The van der Waals surface area contributed by atoms with E-state index in [1.165, 1.54) is 5.57 Å². The molecule has 0 bridgehead atoms. The van der Waals surface area contributed by atoms with E-state index in [9.17, 15) is 0 Å². The minimum Gasteiger partial charge on any atom is -0.374 e. The predicted molar refractivity (Wildman–Crippen MR) is 67.2 cm³/mol. The van der Waals surface area contributed by atoms with Gasteiger partial charge in [-0.25, -0.2) is 0 Å². The Morgan fingerprint density at radius 3 is 2.33 bits per heavy atom. The van der Waals surface area contributed by atoms with Crippen LogP contribution in [0.1, 0.15) is 47.0 Å². The quantitative estimate of drug-likeness (QED) is 0.625. The zero-order chi connectivity index (χ0) is 11.9. The summed E-state index contributed by atoms with van der Waals surface area (Å²) in [7, 11) is 2.00. The van der Waals surface area contributed by atoms with Crippen LogP contribution in [0, 0.1) is 0 Å². The van der Waals surface area contributed by atoms with E-state index < -0.39 is 0 Å². The van der Waals surface area contributed by atoms with E-state index in [1.807, 2.05) is 7.05 Å². The van der Waals surface area contributed by atoms with Gasteiger partial charge in [0.15, 0.2) is 0 Å². The highest BCUT2D eigenvalue weighted by Crippen LogP contribution is 2.25. The summed E-state index contributed by atoms with van der Waals surface area (Å²) in [6.07, 6.45) is 3.06. The largest absolute Gasteiger partial charge is 0.374 e. The van der Waals surface area contributed by atoms with Crippen LogP contribution in [-0.4, -0.2) is 25.3 Å². The Morgan fingerprint density at radius 2 is 2.00 bits per heavy atom. The second-order valence-corrected chi connectivity index (χ2v) is 4.25. The molecule has 2 atom stereocenters. The van der Waals surface area contributed by atoms with Crippen molar-refractivity contribution in [2.45, 2.75) is 58.6 Å². The molecule has 0 amide bonds. The third-order valence-electron chi connectivity index (χ3n) is 3.25. The Morgan fingerprint density at radius 1 is 1.40 bits per heavy atom. The van der Waals surface area contributed by atoms with Crippen LogP contribution < -0.4 is 5.32 Å². The highest BCUT2D eigenvalue weighted by atomic mass is 16.5. The van der Waals surface area contributed by atoms with Gasteiger partial charge in [0.2, 0.25) is 0 Å². The molecule has 0 aromatic carbocycles. The second-order valence-electron chi connectivity index (χ2n) is 4.25. The Bertz CT molecular complexity index is 191. The lowest BCUT2D eigenvalue weighted by Gasteiger charge is -2.37. The molecular formula is C13H27NO. The average Bonchev–Trinajstić information content (AvgIpc) is 2.25. The van der Waals surface area contributed by atoms with Crippen molar-refractivity contribution in [3.8, 4) is 0 Å². The van der Waals surface area contributed by atoms with Crippen molar-refractivity contribution in [1.29, 1.82) is 0 Å². The summed E-state index contributed by atoms with van der Waals surface area (Å²) in [6, 6.07) is 0.356. The van der Waals surface area contributed by atoms with Crippen molar-refractivity contribution in [2.75, 3.05) is 13.7 Å². The van der Waals surface area contributed by atoms with Crippen molar-refractivity contribution in [3.05, 3.63) is 12.2 Å². The maximum Gasteiger partial charge on any atom is 0.0807 e. The van der Waals surface area contributed by atoms with Crippen molar-refractivity contribution < 1.29 is 4.74 Å². The molecule has 0 saturated carbocycles. The maximum atomic E-state index is 5.87. The molecule has 0 radical (unpaired) electrons. The number of ether oxygens (including phenoxy) is 1. The second kappa shape index (κ2) is 7.02. The minimum atomic E-state index is -0.0817. The van der Waals surface area contributed by atoms with Gasteiger partial charge in [-0.3, -0.25) is 0 Å². The van der Waals surface area contributed by atoms with E-state index >= 15 is 0 Å². The first-order valence-electron chi connectivity index (χ1n) is 6.01. The summed E-state index contributed by atoms with van der Waals surface area (Å²) < 4.78 is 5.87. The van der Waals surface area contributed by atoms with E-state index in [1.54, 1.807) is 0 Å². The van der Waals surface area contributed by atoms with Crippen LogP contribution in [0.2, 0.25) is 0 Å². The lowest BCUT2D eigenvalue weighted by atomic mass is 9.88.